The molecule has 0 atom stereocenters. The van der Waals surface area contributed by atoms with Crippen LogP contribution in [0.3, 0.4) is 0 Å². The fraction of sp³-hybridized carbons (Fsp3) is 0.118. The van der Waals surface area contributed by atoms with Crippen molar-refractivity contribution in [2.24, 2.45) is 0 Å². The maximum Gasteiger partial charge on any atom is 0.269 e. The van der Waals surface area contributed by atoms with Crippen molar-refractivity contribution >= 4 is 17.8 Å². The van der Waals surface area contributed by atoms with Gasteiger partial charge in [0.05, 0.1) is 4.92 Å². The molecule has 0 aliphatic heterocycles. The van der Waals surface area contributed by atoms with Gasteiger partial charge in [-0.25, -0.2) is 0 Å². The highest BCUT2D eigenvalue weighted by Crippen LogP contribution is 2.13. The molecule has 0 heterocycles. The van der Waals surface area contributed by atoms with E-state index in [1.165, 1.54) is 24.3 Å². The van der Waals surface area contributed by atoms with E-state index in [-0.39, 0.29) is 11.1 Å². The van der Waals surface area contributed by atoms with Crippen molar-refractivity contribution in [3.05, 3.63) is 86.1 Å². The number of ether oxygens (including phenoxy) is 1. The number of benzene rings is 1. The van der Waals surface area contributed by atoms with Gasteiger partial charge in [-0.2, -0.15) is 0 Å². The van der Waals surface area contributed by atoms with Gasteiger partial charge in [-0.1, -0.05) is 30.4 Å². The quantitative estimate of drug-likeness (QED) is 0.643. The zero-order valence-corrected chi connectivity index (χ0v) is 12.4. The van der Waals surface area contributed by atoms with Crippen LogP contribution < -0.4 is 5.43 Å². The number of methoxy groups -OCH3 is 1. The number of rotatable bonds is 3. The summed E-state index contributed by atoms with van der Waals surface area (Å²) in [6, 6.07) is 14.5. The topological polar surface area (TPSA) is 69.4 Å². The molecule has 0 aliphatic rings. The van der Waals surface area contributed by atoms with E-state index in [2.05, 4.69) is 4.74 Å². The van der Waals surface area contributed by atoms with Crippen molar-refractivity contribution in [3.63, 3.8) is 0 Å². The number of non-ortho nitro benzene ring substituents is 1. The fourth-order valence-corrected chi connectivity index (χ4v) is 1.55. The minimum absolute atomic E-state index is 0.0463. The zero-order chi connectivity index (χ0) is 16.4. The first-order valence-electron chi connectivity index (χ1n) is 6.50. The Bertz CT molecular complexity index is 693. The summed E-state index contributed by atoms with van der Waals surface area (Å²) >= 11 is 0. The molecule has 2 aromatic rings. The summed E-state index contributed by atoms with van der Waals surface area (Å²) in [5.74, 6) is 0. The largest absolute Gasteiger partial charge is 0.388 e. The minimum atomic E-state index is -0.430. The van der Waals surface area contributed by atoms with Crippen LogP contribution in [-0.4, -0.2) is 19.1 Å². The van der Waals surface area contributed by atoms with E-state index < -0.39 is 4.92 Å². The lowest BCUT2D eigenvalue weighted by Gasteiger charge is -1.93. The van der Waals surface area contributed by atoms with E-state index in [0.29, 0.717) is 0 Å². The monoisotopic (exact) mass is 299 g/mol. The van der Waals surface area contributed by atoms with Crippen LogP contribution >= 0.6 is 0 Å². The summed E-state index contributed by atoms with van der Waals surface area (Å²) in [7, 11) is 3.25. The molecule has 0 fully saturated rings. The van der Waals surface area contributed by atoms with Crippen molar-refractivity contribution < 1.29 is 9.66 Å². The first kappa shape index (κ1) is 17.3. The Morgan fingerprint density at radius 3 is 1.95 bits per heavy atom. The lowest BCUT2D eigenvalue weighted by atomic mass is 10.1. The Hall–Kier alpha value is -2.79. The maximum atomic E-state index is 11.1. The molecule has 5 heteroatoms. The van der Waals surface area contributed by atoms with Crippen molar-refractivity contribution in [3.8, 4) is 0 Å². The molecule has 0 saturated carbocycles. The molecule has 0 N–H and O–H groups in total. The Balaban J connectivity index is 0.000000745. The van der Waals surface area contributed by atoms with Crippen LogP contribution in [0.2, 0.25) is 0 Å². The molecule has 0 saturated heterocycles. The molecule has 2 aromatic carbocycles. The number of nitro groups is 1. The van der Waals surface area contributed by atoms with Gasteiger partial charge in [0.25, 0.3) is 5.69 Å². The number of nitro benzene ring substituents is 1. The van der Waals surface area contributed by atoms with Gasteiger partial charge < -0.3 is 4.74 Å². The second-order valence-corrected chi connectivity index (χ2v) is 4.35. The lowest BCUT2D eigenvalue weighted by molar-refractivity contribution is -0.384. The summed E-state index contributed by atoms with van der Waals surface area (Å²) in [4.78, 5) is 21.2. The third-order valence-electron chi connectivity index (χ3n) is 2.56. The fourth-order valence-electron chi connectivity index (χ4n) is 1.55. The van der Waals surface area contributed by atoms with Crippen LogP contribution in [0.4, 0.5) is 5.69 Å². The van der Waals surface area contributed by atoms with Gasteiger partial charge in [-0.05, 0) is 35.4 Å². The SMILES string of the molecule is COC.O=c1cccc(C=Cc2ccc([N+](=O)[O-])cc2)cc1. The van der Waals surface area contributed by atoms with E-state index in [1.807, 2.05) is 18.2 Å². The van der Waals surface area contributed by atoms with Crippen molar-refractivity contribution in [2.75, 3.05) is 14.2 Å². The molecule has 114 valence electrons. The van der Waals surface area contributed by atoms with Crippen LogP contribution in [0.15, 0.2) is 59.4 Å². The molecule has 0 unspecified atom stereocenters. The number of hydrogen-bond donors (Lipinski definition) is 0. The standard InChI is InChI=1S/C15H11NO3.C2H6O/c17-15-3-1-2-12(8-11-15)4-5-13-6-9-14(10-7-13)16(18)19;1-3-2/h1-11H;1-2H3. The molecule has 0 aliphatic carbocycles. The second kappa shape index (κ2) is 9.20. The highest BCUT2D eigenvalue weighted by molar-refractivity contribution is 5.69. The molecule has 0 spiro atoms. The average Bonchev–Trinajstić information content (AvgIpc) is 2.71. The van der Waals surface area contributed by atoms with E-state index in [0.717, 1.165) is 11.1 Å². The Labute approximate surface area is 128 Å². The van der Waals surface area contributed by atoms with Gasteiger partial charge in [0, 0.05) is 26.4 Å². The third kappa shape index (κ3) is 6.11. The van der Waals surface area contributed by atoms with Gasteiger partial charge >= 0.3 is 0 Å². The summed E-state index contributed by atoms with van der Waals surface area (Å²) in [5, 5.41) is 10.5. The van der Waals surface area contributed by atoms with Crippen LogP contribution in [0, 0.1) is 10.1 Å². The van der Waals surface area contributed by atoms with Crippen LogP contribution in [-0.2, 0) is 4.74 Å². The summed E-state index contributed by atoms with van der Waals surface area (Å²) in [6.45, 7) is 0. The summed E-state index contributed by atoms with van der Waals surface area (Å²) in [6.07, 6.45) is 3.68. The Morgan fingerprint density at radius 2 is 1.41 bits per heavy atom. The molecule has 0 amide bonds. The van der Waals surface area contributed by atoms with Gasteiger partial charge in [0.2, 0.25) is 0 Å². The molecule has 0 radical (unpaired) electrons. The van der Waals surface area contributed by atoms with Crippen molar-refractivity contribution in [1.29, 1.82) is 0 Å². The van der Waals surface area contributed by atoms with Gasteiger partial charge in [-0.15, -0.1) is 0 Å². The van der Waals surface area contributed by atoms with Gasteiger partial charge in [-0.3, -0.25) is 14.9 Å². The van der Waals surface area contributed by atoms with Crippen LogP contribution in [0.1, 0.15) is 11.1 Å². The zero-order valence-electron chi connectivity index (χ0n) is 12.4. The molecule has 0 bridgehead atoms. The molecular formula is C17H17NO4. The highest BCUT2D eigenvalue weighted by Gasteiger charge is 2.01. The lowest BCUT2D eigenvalue weighted by Crippen LogP contribution is -1.87. The van der Waals surface area contributed by atoms with E-state index in [9.17, 15) is 14.9 Å². The average molecular weight is 299 g/mol. The second-order valence-electron chi connectivity index (χ2n) is 4.35. The van der Waals surface area contributed by atoms with E-state index in [4.69, 9.17) is 0 Å². The molecule has 22 heavy (non-hydrogen) atoms. The highest BCUT2D eigenvalue weighted by atomic mass is 16.6. The Morgan fingerprint density at radius 1 is 0.909 bits per heavy atom. The summed E-state index contributed by atoms with van der Waals surface area (Å²) < 4.78 is 4.25. The molecule has 5 nitrogen and oxygen atoms in total. The third-order valence-corrected chi connectivity index (χ3v) is 2.56. The predicted octanol–water partition coefficient (Wildman–Crippen LogP) is 3.39. The summed E-state index contributed by atoms with van der Waals surface area (Å²) in [5.41, 5.74) is 1.77. The minimum Gasteiger partial charge on any atom is -0.388 e. The number of nitrogens with zero attached hydrogens (tertiary/aromatic N) is 1. The van der Waals surface area contributed by atoms with E-state index in [1.54, 1.807) is 38.5 Å². The van der Waals surface area contributed by atoms with Crippen LogP contribution in [0.5, 0.6) is 0 Å². The van der Waals surface area contributed by atoms with Crippen molar-refractivity contribution in [2.45, 2.75) is 0 Å². The molecular weight excluding hydrogens is 282 g/mol. The van der Waals surface area contributed by atoms with Gasteiger partial charge in [0.15, 0.2) is 5.43 Å². The predicted molar refractivity (Wildman–Crippen MR) is 87.7 cm³/mol. The first-order valence-corrected chi connectivity index (χ1v) is 6.50. The molecule has 2 rings (SSSR count). The normalized spacial score (nSPS) is 9.91. The van der Waals surface area contributed by atoms with Gasteiger partial charge in [0.1, 0.15) is 0 Å². The van der Waals surface area contributed by atoms with Crippen molar-refractivity contribution in [1.82, 2.24) is 0 Å². The van der Waals surface area contributed by atoms with Crippen LogP contribution in [0.25, 0.3) is 12.2 Å². The Kier molecular flexibility index (Phi) is 7.22. The first-order chi connectivity index (χ1) is 10.6. The maximum absolute atomic E-state index is 11.1. The number of hydrogen-bond acceptors (Lipinski definition) is 4. The smallest absolute Gasteiger partial charge is 0.269 e. The molecule has 0 aromatic heterocycles. The van der Waals surface area contributed by atoms with E-state index >= 15 is 0 Å².